The Labute approximate surface area is 217 Å². The quantitative estimate of drug-likeness (QED) is 0.119. The number of aromatic carboxylic acids is 1. The van der Waals surface area contributed by atoms with Gasteiger partial charge in [0, 0.05) is 22.9 Å². The van der Waals surface area contributed by atoms with E-state index in [9.17, 15) is 14.7 Å². The van der Waals surface area contributed by atoms with Crippen LogP contribution < -0.4 is 26.2 Å². The van der Waals surface area contributed by atoms with Gasteiger partial charge in [-0.2, -0.15) is 4.68 Å². The third-order valence-electron chi connectivity index (χ3n) is 5.30. The molecule has 198 valence electrons. The van der Waals surface area contributed by atoms with Crippen molar-refractivity contribution in [2.45, 2.75) is 6.04 Å². The smallest absolute Gasteiger partial charge is 0.349 e. The number of nitrogens with two attached hydrogens (primary N) is 1. The van der Waals surface area contributed by atoms with Crippen molar-refractivity contribution in [3.63, 3.8) is 0 Å². The van der Waals surface area contributed by atoms with Gasteiger partial charge in [-0.25, -0.2) is 19.0 Å². The predicted octanol–water partition coefficient (Wildman–Crippen LogP) is 1.72. The molecule has 0 saturated carbocycles. The number of rotatable bonds is 11. The van der Waals surface area contributed by atoms with Crippen LogP contribution in [0.5, 0.6) is 11.5 Å². The number of H-pyrrole nitrogens is 1. The highest BCUT2D eigenvalue weighted by atomic mass is 32.1. The first-order valence-electron chi connectivity index (χ1n) is 10.9. The number of nitrogens with one attached hydrogen (secondary N) is 3. The standard InChI is InChI=1S/C23H22FN7O6S/c1-36-13-8-14(16(24)15(9-13)37-7-6-32)17(28-12-4-2-11(3-5-12)19(25)26)20-29-23(35)31(30-20)21-18(22(33)34)38-10-27-21/h2-5,8-10,17,28,32H,6-7H2,1H3,(H3,25,26)(H,33,34)(H,29,30,35). The molecule has 2 aromatic heterocycles. The number of carboxylic acid groups (broad SMARTS) is 1. The van der Waals surface area contributed by atoms with Gasteiger partial charge in [0.25, 0.3) is 0 Å². The Balaban J connectivity index is 1.86. The molecular weight excluding hydrogens is 521 g/mol. The Hall–Kier alpha value is -4.76. The number of hydrogen-bond donors (Lipinski definition) is 6. The Morgan fingerprint density at radius 3 is 2.71 bits per heavy atom. The molecule has 0 bridgehead atoms. The molecule has 15 heteroatoms. The van der Waals surface area contributed by atoms with Crippen molar-refractivity contribution in [3.05, 3.63) is 80.0 Å². The molecule has 0 radical (unpaired) electrons. The van der Waals surface area contributed by atoms with E-state index in [1.54, 1.807) is 24.3 Å². The zero-order chi connectivity index (χ0) is 27.4. The fraction of sp³-hybridized carbons (Fsp3) is 0.174. The average molecular weight is 544 g/mol. The highest BCUT2D eigenvalue weighted by Gasteiger charge is 2.28. The van der Waals surface area contributed by atoms with E-state index < -0.39 is 23.5 Å². The molecule has 2 aromatic carbocycles. The van der Waals surface area contributed by atoms with Crippen LogP contribution in [0.15, 0.2) is 46.7 Å². The molecule has 2 heterocycles. The molecule has 0 amide bonds. The number of aromatic nitrogens is 4. The van der Waals surface area contributed by atoms with E-state index in [1.807, 2.05) is 0 Å². The van der Waals surface area contributed by atoms with E-state index in [0.717, 1.165) is 16.0 Å². The van der Waals surface area contributed by atoms with Crippen LogP contribution in [0.4, 0.5) is 10.1 Å². The second-order valence-electron chi connectivity index (χ2n) is 7.71. The zero-order valence-corrected chi connectivity index (χ0v) is 20.6. The van der Waals surface area contributed by atoms with Gasteiger partial charge in [0.05, 0.1) is 19.2 Å². The maximum atomic E-state index is 15.7. The van der Waals surface area contributed by atoms with Crippen LogP contribution in [-0.4, -0.2) is 62.1 Å². The molecule has 0 aliphatic rings. The summed E-state index contributed by atoms with van der Waals surface area (Å²) in [5, 5.41) is 33.5. The minimum absolute atomic E-state index is 0.0365. The van der Waals surface area contributed by atoms with Gasteiger partial charge in [0.1, 0.15) is 24.2 Å². The van der Waals surface area contributed by atoms with Gasteiger partial charge >= 0.3 is 11.7 Å². The van der Waals surface area contributed by atoms with Crippen molar-refractivity contribution in [1.82, 2.24) is 19.7 Å². The highest BCUT2D eigenvalue weighted by molar-refractivity contribution is 7.12. The number of aliphatic hydroxyl groups excluding tert-OH is 1. The summed E-state index contributed by atoms with van der Waals surface area (Å²) in [7, 11) is 1.38. The van der Waals surface area contributed by atoms with E-state index in [0.29, 0.717) is 11.3 Å². The summed E-state index contributed by atoms with van der Waals surface area (Å²) in [5.74, 6) is -2.49. The van der Waals surface area contributed by atoms with Gasteiger partial charge in [-0.05, 0) is 30.3 Å². The number of hydrogen-bond acceptors (Lipinski definition) is 10. The van der Waals surface area contributed by atoms with E-state index >= 15 is 4.39 Å². The number of nitrogen functional groups attached to an aromatic ring is 1. The summed E-state index contributed by atoms with van der Waals surface area (Å²) >= 11 is 0.817. The number of aliphatic hydroxyl groups is 1. The lowest BCUT2D eigenvalue weighted by Crippen LogP contribution is -2.18. The maximum absolute atomic E-state index is 15.7. The fourth-order valence-corrected chi connectivity index (χ4v) is 4.14. The van der Waals surface area contributed by atoms with Crippen molar-refractivity contribution < 1.29 is 28.9 Å². The number of amidine groups is 1. The van der Waals surface area contributed by atoms with Crippen molar-refractivity contribution in [2.24, 2.45) is 5.73 Å². The molecule has 0 aliphatic heterocycles. The Morgan fingerprint density at radius 1 is 1.34 bits per heavy atom. The van der Waals surface area contributed by atoms with Crippen LogP contribution in [0.1, 0.15) is 32.7 Å². The van der Waals surface area contributed by atoms with E-state index in [4.69, 9.17) is 25.7 Å². The zero-order valence-electron chi connectivity index (χ0n) is 19.8. The summed E-state index contributed by atoms with van der Waals surface area (Å²) < 4.78 is 27.1. The van der Waals surface area contributed by atoms with Crippen molar-refractivity contribution in [1.29, 1.82) is 5.41 Å². The number of methoxy groups -OCH3 is 1. The maximum Gasteiger partial charge on any atom is 0.349 e. The third-order valence-corrected chi connectivity index (χ3v) is 6.10. The number of thiazole rings is 1. The van der Waals surface area contributed by atoms with Gasteiger partial charge < -0.3 is 30.7 Å². The molecule has 4 aromatic rings. The molecule has 0 fully saturated rings. The predicted molar refractivity (Wildman–Crippen MR) is 135 cm³/mol. The lowest BCUT2D eigenvalue weighted by Gasteiger charge is -2.21. The van der Waals surface area contributed by atoms with Gasteiger partial charge in [0.2, 0.25) is 0 Å². The molecule has 7 N–H and O–H groups in total. The normalized spacial score (nSPS) is 11.7. The van der Waals surface area contributed by atoms with Gasteiger partial charge in [0.15, 0.2) is 28.1 Å². The number of carboxylic acids is 1. The summed E-state index contributed by atoms with van der Waals surface area (Å²) in [6.45, 7) is -0.533. The number of carbonyl (C=O) groups is 1. The second-order valence-corrected chi connectivity index (χ2v) is 8.56. The topological polar surface area (TPSA) is 201 Å². The number of nitrogens with zero attached hydrogens (tertiary/aromatic N) is 3. The van der Waals surface area contributed by atoms with E-state index in [1.165, 1.54) is 24.8 Å². The number of benzene rings is 2. The summed E-state index contributed by atoms with van der Waals surface area (Å²) in [6, 6.07) is 7.90. The summed E-state index contributed by atoms with van der Waals surface area (Å²) in [5.41, 5.74) is 6.86. The molecule has 0 spiro atoms. The number of ether oxygens (including phenoxy) is 2. The van der Waals surface area contributed by atoms with E-state index in [2.05, 4.69) is 20.4 Å². The fourth-order valence-electron chi connectivity index (χ4n) is 3.54. The minimum atomic E-state index is -1.29. The third kappa shape index (κ3) is 5.33. The molecule has 1 unspecified atom stereocenters. The SMILES string of the molecule is COc1cc(OCCO)c(F)c(C(Nc2ccc(C(=N)N)cc2)c2nn(-c3ncsc3C(=O)O)c(=O)[nH]2)c1. The molecule has 0 saturated heterocycles. The van der Waals surface area contributed by atoms with Crippen LogP contribution >= 0.6 is 11.3 Å². The summed E-state index contributed by atoms with van der Waals surface area (Å²) in [6.07, 6.45) is 0. The summed E-state index contributed by atoms with van der Waals surface area (Å²) in [4.78, 5) is 30.7. The largest absolute Gasteiger partial charge is 0.497 e. The Kier molecular flexibility index (Phi) is 7.68. The molecule has 1 atom stereocenters. The number of anilines is 1. The molecular formula is C23H22FN7O6S. The van der Waals surface area contributed by atoms with Crippen molar-refractivity contribution >= 4 is 28.8 Å². The Morgan fingerprint density at radius 2 is 2.08 bits per heavy atom. The molecule has 4 rings (SSSR count). The van der Waals surface area contributed by atoms with Crippen LogP contribution in [-0.2, 0) is 0 Å². The minimum Gasteiger partial charge on any atom is -0.497 e. The molecule has 13 nitrogen and oxygen atoms in total. The number of aromatic amines is 1. The van der Waals surface area contributed by atoms with E-state index in [-0.39, 0.29) is 52.6 Å². The first-order chi connectivity index (χ1) is 18.2. The first kappa shape index (κ1) is 26.3. The molecule has 0 aliphatic carbocycles. The van der Waals surface area contributed by atoms with Gasteiger partial charge in [-0.1, -0.05) is 0 Å². The first-order valence-corrected chi connectivity index (χ1v) is 11.8. The Bertz CT molecular complexity index is 1530. The lowest BCUT2D eigenvalue weighted by atomic mass is 10.0. The van der Waals surface area contributed by atoms with Crippen LogP contribution in [0.2, 0.25) is 0 Å². The highest BCUT2D eigenvalue weighted by Crippen LogP contribution is 2.35. The molecule has 38 heavy (non-hydrogen) atoms. The van der Waals surface area contributed by atoms with Crippen LogP contribution in [0.25, 0.3) is 5.82 Å². The van der Waals surface area contributed by atoms with Gasteiger partial charge in [-0.3, -0.25) is 10.4 Å². The van der Waals surface area contributed by atoms with Gasteiger partial charge in [-0.15, -0.1) is 16.4 Å². The number of halogens is 1. The average Bonchev–Trinajstić information content (AvgIpc) is 3.54. The van der Waals surface area contributed by atoms with Crippen LogP contribution in [0, 0.1) is 11.2 Å². The second kappa shape index (κ2) is 11.1. The lowest BCUT2D eigenvalue weighted by molar-refractivity contribution is 0.0701. The van der Waals surface area contributed by atoms with Crippen LogP contribution in [0.3, 0.4) is 0 Å². The van der Waals surface area contributed by atoms with Crippen molar-refractivity contribution in [2.75, 3.05) is 25.6 Å². The van der Waals surface area contributed by atoms with Crippen molar-refractivity contribution in [3.8, 4) is 17.3 Å². The monoisotopic (exact) mass is 543 g/mol.